The standard InChI is InChI=1S/C16H15F2NO2S/c17-13-7-6-12(8-14(13)18)19-16(21)10-22-9-15(20)11-4-2-1-3-5-11/h1-8,15,20H,9-10H2,(H,19,21)/t15-/m1/s1. The molecule has 0 spiro atoms. The van der Waals surface area contributed by atoms with Gasteiger partial charge in [0.1, 0.15) is 0 Å². The summed E-state index contributed by atoms with van der Waals surface area (Å²) in [6, 6.07) is 12.3. The van der Waals surface area contributed by atoms with Gasteiger partial charge in [0, 0.05) is 17.5 Å². The number of benzene rings is 2. The normalized spacial score (nSPS) is 12.0. The first kappa shape index (κ1) is 16.5. The zero-order chi connectivity index (χ0) is 15.9. The molecule has 0 bridgehead atoms. The number of aliphatic hydroxyl groups is 1. The van der Waals surface area contributed by atoms with Gasteiger partial charge in [-0.15, -0.1) is 11.8 Å². The summed E-state index contributed by atoms with van der Waals surface area (Å²) in [5, 5.41) is 12.4. The molecular formula is C16H15F2NO2S. The molecule has 1 atom stereocenters. The Bertz CT molecular complexity index is 637. The average Bonchev–Trinajstić information content (AvgIpc) is 2.51. The van der Waals surface area contributed by atoms with Crippen molar-refractivity contribution in [3.8, 4) is 0 Å². The van der Waals surface area contributed by atoms with Crippen LogP contribution in [-0.4, -0.2) is 22.5 Å². The van der Waals surface area contributed by atoms with Crippen molar-refractivity contribution < 1.29 is 18.7 Å². The molecule has 0 aromatic heterocycles. The van der Waals surface area contributed by atoms with Gasteiger partial charge in [0.2, 0.25) is 5.91 Å². The van der Waals surface area contributed by atoms with Crippen molar-refractivity contribution in [3.05, 3.63) is 65.7 Å². The number of carbonyl (C=O) groups excluding carboxylic acids is 1. The molecule has 116 valence electrons. The SMILES string of the molecule is O=C(CSC[C@@H](O)c1ccccc1)Nc1ccc(F)c(F)c1. The van der Waals surface area contributed by atoms with Crippen LogP contribution >= 0.6 is 11.8 Å². The van der Waals surface area contributed by atoms with E-state index in [1.807, 2.05) is 30.3 Å². The van der Waals surface area contributed by atoms with Gasteiger partial charge in [0.15, 0.2) is 11.6 Å². The Morgan fingerprint density at radius 2 is 1.86 bits per heavy atom. The fourth-order valence-corrected chi connectivity index (χ4v) is 2.60. The maximum atomic E-state index is 13.0. The van der Waals surface area contributed by atoms with Crippen molar-refractivity contribution in [2.45, 2.75) is 6.10 Å². The fourth-order valence-electron chi connectivity index (χ4n) is 1.81. The van der Waals surface area contributed by atoms with Crippen LogP contribution in [0.2, 0.25) is 0 Å². The summed E-state index contributed by atoms with van der Waals surface area (Å²) in [4.78, 5) is 11.7. The van der Waals surface area contributed by atoms with Gasteiger partial charge in [-0.25, -0.2) is 8.78 Å². The van der Waals surface area contributed by atoms with Gasteiger partial charge < -0.3 is 10.4 Å². The lowest BCUT2D eigenvalue weighted by atomic mass is 10.1. The highest BCUT2D eigenvalue weighted by molar-refractivity contribution is 7.99. The molecule has 0 aliphatic carbocycles. The summed E-state index contributed by atoms with van der Waals surface area (Å²) >= 11 is 1.26. The van der Waals surface area contributed by atoms with Crippen LogP contribution in [-0.2, 0) is 4.79 Å². The zero-order valence-electron chi connectivity index (χ0n) is 11.6. The van der Waals surface area contributed by atoms with Gasteiger partial charge >= 0.3 is 0 Å². The first-order valence-corrected chi connectivity index (χ1v) is 7.77. The van der Waals surface area contributed by atoms with Crippen molar-refractivity contribution in [3.63, 3.8) is 0 Å². The minimum absolute atomic E-state index is 0.114. The lowest BCUT2D eigenvalue weighted by molar-refractivity contribution is -0.113. The summed E-state index contributed by atoms with van der Waals surface area (Å²) in [6.07, 6.45) is -0.651. The first-order valence-electron chi connectivity index (χ1n) is 6.62. The molecule has 3 nitrogen and oxygen atoms in total. The van der Waals surface area contributed by atoms with E-state index in [1.165, 1.54) is 17.8 Å². The van der Waals surface area contributed by atoms with Gasteiger partial charge in [0.25, 0.3) is 0 Å². The van der Waals surface area contributed by atoms with Crippen molar-refractivity contribution in [2.75, 3.05) is 16.8 Å². The number of nitrogens with one attached hydrogen (secondary N) is 1. The van der Waals surface area contributed by atoms with E-state index in [2.05, 4.69) is 5.32 Å². The molecule has 2 aromatic carbocycles. The quantitative estimate of drug-likeness (QED) is 0.857. The Kier molecular flexibility index (Phi) is 5.91. The number of hydrogen-bond acceptors (Lipinski definition) is 3. The van der Waals surface area contributed by atoms with Crippen molar-refractivity contribution in [1.82, 2.24) is 0 Å². The van der Waals surface area contributed by atoms with Crippen molar-refractivity contribution in [1.29, 1.82) is 0 Å². The van der Waals surface area contributed by atoms with E-state index in [0.717, 1.165) is 17.7 Å². The summed E-state index contributed by atoms with van der Waals surface area (Å²) in [6.45, 7) is 0. The number of hydrogen-bond donors (Lipinski definition) is 2. The highest BCUT2D eigenvalue weighted by Crippen LogP contribution is 2.18. The summed E-state index contributed by atoms with van der Waals surface area (Å²) < 4.78 is 25.8. The number of anilines is 1. The molecule has 0 radical (unpaired) electrons. The maximum absolute atomic E-state index is 13.0. The average molecular weight is 323 g/mol. The van der Waals surface area contributed by atoms with Gasteiger partial charge in [0.05, 0.1) is 11.9 Å². The molecule has 22 heavy (non-hydrogen) atoms. The van der Waals surface area contributed by atoms with Crippen LogP contribution in [0.25, 0.3) is 0 Å². The van der Waals surface area contributed by atoms with Crippen LogP contribution in [0, 0.1) is 11.6 Å². The molecular weight excluding hydrogens is 308 g/mol. The molecule has 2 rings (SSSR count). The van der Waals surface area contributed by atoms with Crippen LogP contribution in [0.4, 0.5) is 14.5 Å². The van der Waals surface area contributed by atoms with E-state index in [-0.39, 0.29) is 17.3 Å². The fraction of sp³-hybridized carbons (Fsp3) is 0.188. The number of carbonyl (C=O) groups is 1. The third-order valence-electron chi connectivity index (χ3n) is 2.90. The van der Waals surface area contributed by atoms with E-state index in [0.29, 0.717) is 5.75 Å². The molecule has 2 aromatic rings. The minimum atomic E-state index is -1.01. The van der Waals surface area contributed by atoms with Crippen LogP contribution in [0.3, 0.4) is 0 Å². The molecule has 2 N–H and O–H groups in total. The largest absolute Gasteiger partial charge is 0.388 e. The number of amides is 1. The Hall–Kier alpha value is -1.92. The van der Waals surface area contributed by atoms with E-state index < -0.39 is 17.7 Å². The smallest absolute Gasteiger partial charge is 0.234 e. The van der Waals surface area contributed by atoms with E-state index in [1.54, 1.807) is 0 Å². The van der Waals surface area contributed by atoms with Crippen LogP contribution in [0.5, 0.6) is 0 Å². The number of halogens is 2. The predicted octanol–water partition coefficient (Wildman–Crippen LogP) is 3.37. The second kappa shape index (κ2) is 7.91. The van der Waals surface area contributed by atoms with E-state index in [9.17, 15) is 18.7 Å². The third-order valence-corrected chi connectivity index (χ3v) is 3.91. The monoisotopic (exact) mass is 323 g/mol. The molecule has 0 unspecified atom stereocenters. The lowest BCUT2D eigenvalue weighted by Gasteiger charge is -2.10. The number of aliphatic hydroxyl groups excluding tert-OH is 1. The minimum Gasteiger partial charge on any atom is -0.388 e. The lowest BCUT2D eigenvalue weighted by Crippen LogP contribution is -2.15. The number of thioether (sulfide) groups is 1. The molecule has 0 heterocycles. The topological polar surface area (TPSA) is 49.3 Å². The highest BCUT2D eigenvalue weighted by atomic mass is 32.2. The highest BCUT2D eigenvalue weighted by Gasteiger charge is 2.10. The van der Waals surface area contributed by atoms with Gasteiger partial charge in [-0.1, -0.05) is 30.3 Å². The van der Waals surface area contributed by atoms with E-state index in [4.69, 9.17) is 0 Å². The molecule has 1 amide bonds. The van der Waals surface area contributed by atoms with Gasteiger partial charge in [-0.3, -0.25) is 4.79 Å². The summed E-state index contributed by atoms with van der Waals surface area (Å²) in [7, 11) is 0. The van der Waals surface area contributed by atoms with Crippen molar-refractivity contribution >= 4 is 23.4 Å². The predicted molar refractivity (Wildman–Crippen MR) is 83.7 cm³/mol. The molecule has 0 fully saturated rings. The van der Waals surface area contributed by atoms with Crippen LogP contribution in [0.1, 0.15) is 11.7 Å². The van der Waals surface area contributed by atoms with Crippen molar-refractivity contribution in [2.24, 2.45) is 0 Å². The van der Waals surface area contributed by atoms with Gasteiger partial charge in [-0.05, 0) is 17.7 Å². The van der Waals surface area contributed by atoms with Crippen LogP contribution in [0.15, 0.2) is 48.5 Å². The number of rotatable bonds is 6. The second-order valence-electron chi connectivity index (χ2n) is 4.62. The van der Waals surface area contributed by atoms with Gasteiger partial charge in [-0.2, -0.15) is 0 Å². The van der Waals surface area contributed by atoms with Crippen LogP contribution < -0.4 is 5.32 Å². The Labute approximate surface area is 131 Å². The Morgan fingerprint density at radius 1 is 1.14 bits per heavy atom. The molecule has 0 saturated heterocycles. The van der Waals surface area contributed by atoms with E-state index >= 15 is 0 Å². The summed E-state index contributed by atoms with van der Waals surface area (Å²) in [5.41, 5.74) is 0.990. The molecule has 0 aliphatic heterocycles. The summed E-state index contributed by atoms with van der Waals surface area (Å²) in [5.74, 6) is -1.82. The first-order chi connectivity index (χ1) is 10.6. The maximum Gasteiger partial charge on any atom is 0.234 e. The zero-order valence-corrected chi connectivity index (χ0v) is 12.4. The third kappa shape index (κ3) is 4.82. The molecule has 6 heteroatoms. The Balaban J connectivity index is 1.77. The second-order valence-corrected chi connectivity index (χ2v) is 5.65. The Morgan fingerprint density at radius 3 is 2.55 bits per heavy atom. The molecule has 0 saturated carbocycles. The molecule has 0 aliphatic rings.